The predicted octanol–water partition coefficient (Wildman–Crippen LogP) is 1.56. The molecular weight excluding hydrogens is 519 g/mol. The lowest BCUT2D eigenvalue weighted by Gasteiger charge is -2.27. The molecule has 0 radical (unpaired) electrons. The fourth-order valence-electron chi connectivity index (χ4n) is 4.22. The Kier molecular flexibility index (Phi) is 10.6. The zero-order valence-electron chi connectivity index (χ0n) is 23.0. The molecule has 0 aromatic heterocycles. The maximum atomic E-state index is 13.4. The van der Waals surface area contributed by atoms with Crippen LogP contribution in [0.5, 0.6) is 5.75 Å². The van der Waals surface area contributed by atoms with Gasteiger partial charge < -0.3 is 31.1 Å². The van der Waals surface area contributed by atoms with E-state index >= 15 is 0 Å². The second-order valence-corrected chi connectivity index (χ2v) is 10.4. The highest BCUT2D eigenvalue weighted by atomic mass is 19.1. The van der Waals surface area contributed by atoms with Crippen molar-refractivity contribution in [3.63, 3.8) is 0 Å². The van der Waals surface area contributed by atoms with Crippen molar-refractivity contribution in [2.75, 3.05) is 19.7 Å². The van der Waals surface area contributed by atoms with E-state index in [1.807, 2.05) is 13.8 Å². The van der Waals surface area contributed by atoms with Crippen LogP contribution in [0.2, 0.25) is 0 Å². The van der Waals surface area contributed by atoms with Crippen LogP contribution in [0.15, 0.2) is 48.5 Å². The lowest BCUT2D eigenvalue weighted by atomic mass is 9.84. The van der Waals surface area contributed by atoms with Crippen LogP contribution in [0.4, 0.5) is 4.39 Å². The number of fused-ring (bicyclic) bond motifs is 1. The molecule has 3 rings (SSSR count). The molecular formula is C29H37FN4O6. The fourth-order valence-corrected chi connectivity index (χ4v) is 4.22. The third-order valence-electron chi connectivity index (χ3n) is 6.70. The normalized spacial score (nSPS) is 20.2. The summed E-state index contributed by atoms with van der Waals surface area (Å²) in [5.74, 6) is -2.21. The average Bonchev–Trinajstić information content (AvgIpc) is 2.92. The molecule has 0 fully saturated rings. The van der Waals surface area contributed by atoms with Gasteiger partial charge in [0, 0.05) is 24.9 Å². The first-order valence-corrected chi connectivity index (χ1v) is 13.3. The lowest BCUT2D eigenvalue weighted by Crippen LogP contribution is -2.53. The van der Waals surface area contributed by atoms with E-state index in [4.69, 9.17) is 4.74 Å². The standard InChI is InChI=1S/C29H37FN4O6/c1-18(35)25-28(39)31-15-6-16-40-23-8-5-4-7-21(23)26(37)33-22(13-14-24(36)34-25)27(38)32-17-29(2,3)19-9-11-20(30)12-10-19/h4-5,7-12,18,22,25,35H,6,13-17H2,1-3H3,(H,31,39)(H,32,38)(H,33,37)(H,34,36)/t18-,22+,25+/m1/s1. The van der Waals surface area contributed by atoms with Crippen molar-refractivity contribution < 1.29 is 33.4 Å². The van der Waals surface area contributed by atoms with E-state index in [0.29, 0.717) is 12.2 Å². The van der Waals surface area contributed by atoms with Crippen LogP contribution >= 0.6 is 0 Å². The number of carbonyl (C=O) groups is 4. The van der Waals surface area contributed by atoms with Crippen molar-refractivity contribution in [2.45, 2.75) is 63.6 Å². The summed E-state index contributed by atoms with van der Waals surface area (Å²) in [6.07, 6.45) is -1.01. The highest BCUT2D eigenvalue weighted by Gasteiger charge is 2.29. The van der Waals surface area contributed by atoms with Crippen LogP contribution in [-0.2, 0) is 19.8 Å². The molecule has 0 saturated heterocycles. The second kappa shape index (κ2) is 13.9. The van der Waals surface area contributed by atoms with E-state index in [1.165, 1.54) is 19.1 Å². The molecule has 5 N–H and O–H groups in total. The van der Waals surface area contributed by atoms with E-state index in [1.54, 1.807) is 36.4 Å². The molecule has 1 aliphatic rings. The van der Waals surface area contributed by atoms with E-state index in [2.05, 4.69) is 21.3 Å². The highest BCUT2D eigenvalue weighted by molar-refractivity contribution is 5.99. The van der Waals surface area contributed by atoms with E-state index < -0.39 is 47.2 Å². The van der Waals surface area contributed by atoms with Gasteiger partial charge in [-0.25, -0.2) is 4.39 Å². The number of hydrogen-bond acceptors (Lipinski definition) is 6. The van der Waals surface area contributed by atoms with Crippen LogP contribution in [0.3, 0.4) is 0 Å². The van der Waals surface area contributed by atoms with Gasteiger partial charge in [-0.2, -0.15) is 0 Å². The largest absolute Gasteiger partial charge is 0.493 e. The van der Waals surface area contributed by atoms with Crippen molar-refractivity contribution in [3.05, 3.63) is 65.5 Å². The zero-order chi connectivity index (χ0) is 29.3. The van der Waals surface area contributed by atoms with E-state index in [9.17, 15) is 28.7 Å². The first-order chi connectivity index (χ1) is 19.0. The minimum Gasteiger partial charge on any atom is -0.493 e. The second-order valence-electron chi connectivity index (χ2n) is 10.4. The van der Waals surface area contributed by atoms with Gasteiger partial charge >= 0.3 is 0 Å². The summed E-state index contributed by atoms with van der Waals surface area (Å²) in [4.78, 5) is 51.8. The Morgan fingerprint density at radius 3 is 2.52 bits per heavy atom. The summed E-state index contributed by atoms with van der Waals surface area (Å²) in [5, 5.41) is 20.8. The van der Waals surface area contributed by atoms with Gasteiger partial charge in [0.05, 0.1) is 18.3 Å². The Balaban J connectivity index is 1.81. The van der Waals surface area contributed by atoms with Gasteiger partial charge in [0.2, 0.25) is 17.7 Å². The summed E-state index contributed by atoms with van der Waals surface area (Å²) in [6, 6.07) is 10.3. The molecule has 3 atom stereocenters. The Morgan fingerprint density at radius 2 is 1.82 bits per heavy atom. The number of aliphatic hydroxyl groups excluding tert-OH is 1. The number of nitrogens with one attached hydrogen (secondary N) is 4. The van der Waals surface area contributed by atoms with Gasteiger partial charge in [-0.1, -0.05) is 38.1 Å². The van der Waals surface area contributed by atoms with Gasteiger partial charge in [0.15, 0.2) is 0 Å². The van der Waals surface area contributed by atoms with Crippen LogP contribution < -0.4 is 26.0 Å². The average molecular weight is 557 g/mol. The van der Waals surface area contributed by atoms with Crippen molar-refractivity contribution >= 4 is 23.6 Å². The highest BCUT2D eigenvalue weighted by Crippen LogP contribution is 2.23. The third-order valence-corrected chi connectivity index (χ3v) is 6.70. The van der Waals surface area contributed by atoms with Gasteiger partial charge in [0.1, 0.15) is 23.7 Å². The Bertz CT molecular complexity index is 1200. The van der Waals surface area contributed by atoms with Crippen molar-refractivity contribution in [1.29, 1.82) is 0 Å². The smallest absolute Gasteiger partial charge is 0.255 e. The molecule has 4 amide bonds. The number of benzene rings is 2. The molecule has 0 unspecified atom stereocenters. The van der Waals surface area contributed by atoms with E-state index in [0.717, 1.165) is 5.56 Å². The number of ether oxygens (including phenoxy) is 1. The van der Waals surface area contributed by atoms with E-state index in [-0.39, 0.29) is 43.9 Å². The summed E-state index contributed by atoms with van der Waals surface area (Å²) < 4.78 is 19.2. The van der Waals surface area contributed by atoms with Gasteiger partial charge in [0.25, 0.3) is 5.91 Å². The number of carbonyl (C=O) groups excluding carboxylic acids is 4. The van der Waals surface area contributed by atoms with Gasteiger partial charge in [-0.05, 0) is 49.6 Å². The van der Waals surface area contributed by atoms with Gasteiger partial charge in [-0.15, -0.1) is 0 Å². The van der Waals surface area contributed by atoms with Crippen molar-refractivity contribution in [3.8, 4) is 5.75 Å². The third kappa shape index (κ3) is 8.51. The fraction of sp³-hybridized carbons (Fsp3) is 0.448. The number of para-hydroxylation sites is 1. The number of aliphatic hydroxyl groups is 1. The molecule has 11 heteroatoms. The molecule has 216 valence electrons. The first kappa shape index (κ1) is 30.6. The molecule has 0 saturated carbocycles. The van der Waals surface area contributed by atoms with Crippen LogP contribution in [0, 0.1) is 5.82 Å². The Hall–Kier alpha value is -3.99. The number of hydrogen-bond donors (Lipinski definition) is 5. The predicted molar refractivity (Wildman–Crippen MR) is 146 cm³/mol. The molecule has 2 aromatic rings. The maximum Gasteiger partial charge on any atom is 0.255 e. The quantitative estimate of drug-likeness (QED) is 0.378. The zero-order valence-corrected chi connectivity index (χ0v) is 23.0. The molecule has 1 heterocycles. The molecule has 10 nitrogen and oxygen atoms in total. The molecule has 0 aliphatic carbocycles. The van der Waals surface area contributed by atoms with Crippen LogP contribution in [0.1, 0.15) is 56.0 Å². The maximum absolute atomic E-state index is 13.4. The molecule has 1 aliphatic heterocycles. The molecule has 40 heavy (non-hydrogen) atoms. The monoisotopic (exact) mass is 556 g/mol. The number of rotatable bonds is 5. The Morgan fingerprint density at radius 1 is 1.12 bits per heavy atom. The Labute approximate surface area is 233 Å². The summed E-state index contributed by atoms with van der Waals surface area (Å²) in [7, 11) is 0. The minimum atomic E-state index is -1.18. The van der Waals surface area contributed by atoms with Gasteiger partial charge in [-0.3, -0.25) is 19.2 Å². The number of halogens is 1. The molecule has 0 spiro atoms. The lowest BCUT2D eigenvalue weighted by molar-refractivity contribution is -0.132. The first-order valence-electron chi connectivity index (χ1n) is 13.3. The topological polar surface area (TPSA) is 146 Å². The molecule has 0 bridgehead atoms. The minimum absolute atomic E-state index is 0.0719. The number of amides is 4. The van der Waals surface area contributed by atoms with Crippen LogP contribution in [-0.4, -0.2) is 66.6 Å². The van der Waals surface area contributed by atoms with Crippen molar-refractivity contribution in [2.24, 2.45) is 0 Å². The summed E-state index contributed by atoms with van der Waals surface area (Å²) >= 11 is 0. The van der Waals surface area contributed by atoms with Crippen LogP contribution in [0.25, 0.3) is 0 Å². The summed E-state index contributed by atoms with van der Waals surface area (Å²) in [6.45, 7) is 5.78. The molecule has 2 aromatic carbocycles. The van der Waals surface area contributed by atoms with Crippen molar-refractivity contribution in [1.82, 2.24) is 21.3 Å². The SMILES string of the molecule is C[C@@H](O)[C@@H]1NC(=O)CC[C@@H](C(=O)NCC(C)(C)c2ccc(F)cc2)NC(=O)c2ccccc2OCCCNC1=O. The summed E-state index contributed by atoms with van der Waals surface area (Å²) in [5.41, 5.74) is 0.479.